The minimum Gasteiger partial charge on any atom is -0.355 e. The fraction of sp³-hybridized carbons (Fsp3) is 0.881. The van der Waals surface area contributed by atoms with Crippen molar-refractivity contribution in [3.63, 3.8) is 0 Å². The first kappa shape index (κ1) is 53.2. The first-order chi connectivity index (χ1) is 26.9. The Morgan fingerprint density at radius 2 is 0.875 bits per heavy atom. The average Bonchev–Trinajstić information content (AvgIpc) is 3.15. The van der Waals surface area contributed by atoms with Gasteiger partial charge in [-0.05, 0) is 50.9 Å². The molecule has 0 saturated heterocycles. The van der Waals surface area contributed by atoms with Gasteiger partial charge in [0.25, 0.3) is 0 Å². The fourth-order valence-electron chi connectivity index (χ4n) is 6.40. The van der Waals surface area contributed by atoms with Crippen molar-refractivity contribution in [2.24, 2.45) is 11.7 Å². The van der Waals surface area contributed by atoms with Crippen molar-refractivity contribution in [2.75, 3.05) is 111 Å². The molecule has 0 aliphatic heterocycles. The maximum absolute atomic E-state index is 13.2. The summed E-state index contributed by atoms with van der Waals surface area (Å²) in [6.45, 7) is 24.9. The summed E-state index contributed by atoms with van der Waals surface area (Å²) in [6, 6.07) is 0. The van der Waals surface area contributed by atoms with Gasteiger partial charge in [-0.25, -0.2) is 0 Å². The first-order valence-corrected chi connectivity index (χ1v) is 22.2. The van der Waals surface area contributed by atoms with Crippen LogP contribution < -0.4 is 21.7 Å². The lowest BCUT2D eigenvalue weighted by Gasteiger charge is -2.33. The summed E-state index contributed by atoms with van der Waals surface area (Å²) < 4.78 is 0. The van der Waals surface area contributed by atoms with Gasteiger partial charge in [0.1, 0.15) is 0 Å². The number of amides is 5. The molecular formula is C42H85N9O5. The van der Waals surface area contributed by atoms with E-state index in [-0.39, 0.29) is 29.5 Å². The van der Waals surface area contributed by atoms with Crippen molar-refractivity contribution in [3.8, 4) is 0 Å². The standard InChI is InChI=1S/C42H85N9O5/c1-8-14-38(52)45-22-21-44-23-27-47(31-34-49(40(54)16-10-3)25-13-19-37(6)7)29-30-48(32-35-50(26-20-43)41(55)17-11-4)33-36-51(42(56)18-12-5)28-24-46-39(53)15-9-2/h37,44H,8-36,43H2,1-7H3,(H,45,52)(H,46,53). The molecule has 0 unspecified atom stereocenters. The molecule has 0 rings (SSSR count). The molecule has 328 valence electrons. The molecule has 0 spiro atoms. The Morgan fingerprint density at radius 3 is 1.32 bits per heavy atom. The Hall–Kier alpha value is -2.81. The average molecular weight is 796 g/mol. The van der Waals surface area contributed by atoms with Crippen LogP contribution in [0.4, 0.5) is 0 Å². The van der Waals surface area contributed by atoms with Crippen LogP contribution in [-0.4, -0.2) is 165 Å². The maximum atomic E-state index is 13.2. The molecule has 0 fully saturated rings. The van der Waals surface area contributed by atoms with E-state index in [9.17, 15) is 24.0 Å². The van der Waals surface area contributed by atoms with Crippen molar-refractivity contribution in [1.82, 2.24) is 40.4 Å². The number of carbonyl (C=O) groups is 5. The molecule has 0 saturated carbocycles. The van der Waals surface area contributed by atoms with E-state index in [0.717, 1.165) is 77.7 Å². The van der Waals surface area contributed by atoms with Crippen molar-refractivity contribution in [2.45, 2.75) is 126 Å². The molecule has 0 aromatic rings. The Labute approximate surface area is 341 Å². The van der Waals surface area contributed by atoms with E-state index >= 15 is 0 Å². The van der Waals surface area contributed by atoms with Crippen molar-refractivity contribution >= 4 is 29.5 Å². The number of rotatable bonds is 37. The van der Waals surface area contributed by atoms with E-state index in [1.165, 1.54) is 0 Å². The van der Waals surface area contributed by atoms with Crippen LogP contribution in [0.3, 0.4) is 0 Å². The van der Waals surface area contributed by atoms with Crippen LogP contribution in [0.5, 0.6) is 0 Å². The second kappa shape index (κ2) is 35.4. The zero-order valence-electron chi connectivity index (χ0n) is 36.9. The van der Waals surface area contributed by atoms with Gasteiger partial charge in [0.15, 0.2) is 0 Å². The van der Waals surface area contributed by atoms with Gasteiger partial charge < -0.3 is 36.4 Å². The summed E-state index contributed by atoms with van der Waals surface area (Å²) in [5, 5.41) is 9.39. The summed E-state index contributed by atoms with van der Waals surface area (Å²) in [5.41, 5.74) is 5.92. The molecule has 0 aliphatic rings. The van der Waals surface area contributed by atoms with E-state index in [1.54, 1.807) is 0 Å². The Balaban J connectivity index is 6.07. The maximum Gasteiger partial charge on any atom is 0.222 e. The van der Waals surface area contributed by atoms with Gasteiger partial charge in [0.2, 0.25) is 29.5 Å². The van der Waals surface area contributed by atoms with Crippen LogP contribution >= 0.6 is 0 Å². The highest BCUT2D eigenvalue weighted by molar-refractivity contribution is 5.78. The quantitative estimate of drug-likeness (QED) is 0.0692. The molecule has 0 aliphatic carbocycles. The van der Waals surface area contributed by atoms with Crippen molar-refractivity contribution < 1.29 is 24.0 Å². The largest absolute Gasteiger partial charge is 0.355 e. The van der Waals surface area contributed by atoms with Gasteiger partial charge in [-0.15, -0.1) is 0 Å². The van der Waals surface area contributed by atoms with E-state index < -0.39 is 0 Å². The summed E-state index contributed by atoms with van der Waals surface area (Å²) in [6.07, 6.45) is 8.49. The summed E-state index contributed by atoms with van der Waals surface area (Å²) in [7, 11) is 0. The molecule has 0 aromatic heterocycles. The predicted molar refractivity (Wildman–Crippen MR) is 229 cm³/mol. The Bertz CT molecular complexity index is 1050. The lowest BCUT2D eigenvalue weighted by molar-refractivity contribution is -0.132. The molecule has 0 atom stereocenters. The molecule has 0 bridgehead atoms. The van der Waals surface area contributed by atoms with Gasteiger partial charge in [0.05, 0.1) is 0 Å². The summed E-state index contributed by atoms with van der Waals surface area (Å²) in [5.74, 6) is 1.05. The van der Waals surface area contributed by atoms with E-state index in [2.05, 4.69) is 39.6 Å². The van der Waals surface area contributed by atoms with Crippen LogP contribution in [0.2, 0.25) is 0 Å². The van der Waals surface area contributed by atoms with Gasteiger partial charge in [-0.2, -0.15) is 0 Å². The van der Waals surface area contributed by atoms with Crippen molar-refractivity contribution in [3.05, 3.63) is 0 Å². The van der Waals surface area contributed by atoms with Crippen LogP contribution in [0.1, 0.15) is 126 Å². The smallest absolute Gasteiger partial charge is 0.222 e. The number of nitrogens with zero attached hydrogens (tertiary/aromatic N) is 5. The molecule has 56 heavy (non-hydrogen) atoms. The highest BCUT2D eigenvalue weighted by Crippen LogP contribution is 2.08. The van der Waals surface area contributed by atoms with Crippen LogP contribution in [-0.2, 0) is 24.0 Å². The number of nitrogens with one attached hydrogen (secondary N) is 3. The molecule has 14 nitrogen and oxygen atoms in total. The molecule has 0 heterocycles. The highest BCUT2D eigenvalue weighted by atomic mass is 16.2. The van der Waals surface area contributed by atoms with Gasteiger partial charge in [-0.1, -0.05) is 48.5 Å². The molecule has 5 N–H and O–H groups in total. The summed E-state index contributed by atoms with van der Waals surface area (Å²) in [4.78, 5) is 73.9. The minimum absolute atomic E-state index is 0.000494. The zero-order valence-corrected chi connectivity index (χ0v) is 36.9. The Morgan fingerprint density at radius 1 is 0.464 bits per heavy atom. The van der Waals surface area contributed by atoms with Crippen molar-refractivity contribution in [1.29, 1.82) is 0 Å². The number of hydrogen-bond acceptors (Lipinski definition) is 9. The third-order valence-corrected chi connectivity index (χ3v) is 9.74. The van der Waals surface area contributed by atoms with Crippen LogP contribution in [0.25, 0.3) is 0 Å². The second-order valence-corrected chi connectivity index (χ2v) is 15.4. The van der Waals surface area contributed by atoms with E-state index in [4.69, 9.17) is 5.73 Å². The molecule has 0 aromatic carbocycles. The normalized spacial score (nSPS) is 11.3. The second-order valence-electron chi connectivity index (χ2n) is 15.4. The van der Waals surface area contributed by atoms with E-state index in [0.29, 0.717) is 117 Å². The monoisotopic (exact) mass is 796 g/mol. The SMILES string of the molecule is CCCC(=O)NCCNCCN(CCN(CCN(CCN)C(=O)CCC)CCN(CCNC(=O)CCC)C(=O)CCC)CCN(CCCC(C)C)C(=O)CCC. The third-order valence-electron chi connectivity index (χ3n) is 9.74. The molecular weight excluding hydrogens is 711 g/mol. The highest BCUT2D eigenvalue weighted by Gasteiger charge is 2.20. The number of carbonyl (C=O) groups excluding carboxylic acids is 5. The van der Waals surface area contributed by atoms with Crippen LogP contribution in [0.15, 0.2) is 0 Å². The molecule has 5 amide bonds. The first-order valence-electron chi connectivity index (χ1n) is 22.2. The van der Waals surface area contributed by atoms with Gasteiger partial charge in [0, 0.05) is 143 Å². The van der Waals surface area contributed by atoms with E-state index in [1.807, 2.05) is 49.3 Å². The van der Waals surface area contributed by atoms with Gasteiger partial charge in [-0.3, -0.25) is 33.8 Å². The number of hydrogen-bond donors (Lipinski definition) is 4. The topological polar surface area (TPSA) is 164 Å². The third kappa shape index (κ3) is 27.7. The van der Waals surface area contributed by atoms with Gasteiger partial charge >= 0.3 is 0 Å². The summed E-state index contributed by atoms with van der Waals surface area (Å²) >= 11 is 0. The lowest BCUT2D eigenvalue weighted by atomic mass is 10.1. The predicted octanol–water partition coefficient (Wildman–Crippen LogP) is 3.29. The molecule has 0 radical (unpaired) electrons. The molecule has 14 heteroatoms. The zero-order chi connectivity index (χ0) is 42.0. The lowest BCUT2D eigenvalue weighted by Crippen LogP contribution is -2.48. The fourth-order valence-corrected chi connectivity index (χ4v) is 6.40. The number of nitrogens with two attached hydrogens (primary N) is 1. The Kier molecular flexibility index (Phi) is 33.6. The van der Waals surface area contributed by atoms with Crippen LogP contribution in [0, 0.1) is 5.92 Å². The minimum atomic E-state index is -0.000494.